The van der Waals surface area contributed by atoms with Crippen LogP contribution >= 0.6 is 11.6 Å². The normalized spacial score (nSPS) is 18.9. The van der Waals surface area contributed by atoms with Gasteiger partial charge in [-0.3, -0.25) is 10.2 Å². The second kappa shape index (κ2) is 5.75. The fourth-order valence-electron chi connectivity index (χ4n) is 1.83. The molecule has 0 amide bonds. The van der Waals surface area contributed by atoms with E-state index in [0.717, 1.165) is 4.90 Å². The average Bonchev–Trinajstić information content (AvgIpc) is 2.80. The lowest BCUT2D eigenvalue weighted by Crippen LogP contribution is -2.57. The molecule has 1 heterocycles. The number of hydrogen-bond donors (Lipinski definition) is 3. The van der Waals surface area contributed by atoms with Gasteiger partial charge in [-0.2, -0.15) is 18.3 Å². The largest absolute Gasteiger partial charge is 0.444 e. The number of halogens is 4. The highest BCUT2D eigenvalue weighted by Gasteiger charge is 2.55. The van der Waals surface area contributed by atoms with Crippen molar-refractivity contribution < 1.29 is 28.2 Å². The second-order valence-corrected chi connectivity index (χ2v) is 5.03. The van der Waals surface area contributed by atoms with E-state index < -0.39 is 24.7 Å². The number of carbonyl (C=O) groups excluding carboxylic acids is 1. The van der Waals surface area contributed by atoms with Crippen molar-refractivity contribution in [1.29, 1.82) is 0 Å². The highest BCUT2D eigenvalue weighted by Crippen LogP contribution is 2.30. The first-order valence-corrected chi connectivity index (χ1v) is 6.36. The monoisotopic (exact) mass is 337 g/mol. The summed E-state index contributed by atoms with van der Waals surface area (Å²) < 4.78 is 37.8. The van der Waals surface area contributed by atoms with E-state index in [2.05, 4.69) is 10.5 Å². The SMILES string of the molecule is O=CC1NN=C(c2ccc(Cl)cc2)N1CC(O)(O)C(F)(F)F. The van der Waals surface area contributed by atoms with E-state index in [1.54, 1.807) is 0 Å². The standard InChI is InChI=1S/C12H11ClF3N3O3/c13-8-3-1-7(2-4-8)10-18-17-9(5-20)19(10)6-11(21,22)12(14,15)16/h1-5,9,17,21-22H,6H2. The number of carbonyl (C=O) groups is 1. The molecule has 0 aliphatic carbocycles. The Labute approximate surface area is 127 Å². The van der Waals surface area contributed by atoms with Crippen LogP contribution in [0.5, 0.6) is 0 Å². The van der Waals surface area contributed by atoms with Crippen molar-refractivity contribution in [2.24, 2.45) is 5.10 Å². The number of nitrogens with one attached hydrogen (secondary N) is 1. The van der Waals surface area contributed by atoms with E-state index in [0.29, 0.717) is 16.9 Å². The molecule has 0 radical (unpaired) electrons. The number of aliphatic hydroxyl groups is 2. The number of benzene rings is 1. The van der Waals surface area contributed by atoms with Crippen LogP contribution in [-0.4, -0.2) is 51.9 Å². The van der Waals surface area contributed by atoms with Gasteiger partial charge < -0.3 is 15.1 Å². The Morgan fingerprint density at radius 3 is 2.41 bits per heavy atom. The molecule has 2 rings (SSSR count). The lowest BCUT2D eigenvalue weighted by molar-refractivity contribution is -0.350. The summed E-state index contributed by atoms with van der Waals surface area (Å²) >= 11 is 5.72. The Morgan fingerprint density at radius 1 is 1.32 bits per heavy atom. The van der Waals surface area contributed by atoms with Crippen LogP contribution in [0.2, 0.25) is 5.02 Å². The predicted molar refractivity (Wildman–Crippen MR) is 70.9 cm³/mol. The molecule has 1 aromatic rings. The van der Waals surface area contributed by atoms with Gasteiger partial charge in [0, 0.05) is 10.6 Å². The fraction of sp³-hybridized carbons (Fsp3) is 0.333. The van der Waals surface area contributed by atoms with Gasteiger partial charge in [0.15, 0.2) is 18.3 Å². The maximum atomic E-state index is 12.6. The first-order valence-electron chi connectivity index (χ1n) is 5.98. The molecule has 1 atom stereocenters. The quantitative estimate of drug-likeness (QED) is 0.555. The molecule has 0 bridgehead atoms. The highest BCUT2D eigenvalue weighted by molar-refractivity contribution is 6.30. The minimum absolute atomic E-state index is 0.0366. The molecule has 0 saturated carbocycles. The Balaban J connectivity index is 2.30. The van der Waals surface area contributed by atoms with E-state index in [1.165, 1.54) is 24.3 Å². The summed E-state index contributed by atoms with van der Waals surface area (Å²) in [6, 6.07) is 5.93. The van der Waals surface area contributed by atoms with E-state index in [-0.39, 0.29) is 5.84 Å². The van der Waals surface area contributed by atoms with E-state index in [4.69, 9.17) is 11.6 Å². The third kappa shape index (κ3) is 3.16. The molecular weight excluding hydrogens is 327 g/mol. The number of amidine groups is 1. The Hall–Kier alpha value is -1.84. The highest BCUT2D eigenvalue weighted by atomic mass is 35.5. The maximum absolute atomic E-state index is 12.6. The molecule has 0 aromatic heterocycles. The fourth-order valence-corrected chi connectivity index (χ4v) is 1.95. The van der Waals surface area contributed by atoms with Gasteiger partial charge in [-0.15, -0.1) is 0 Å². The third-order valence-electron chi connectivity index (χ3n) is 2.99. The number of hydrogen-bond acceptors (Lipinski definition) is 6. The summed E-state index contributed by atoms with van der Waals surface area (Å²) in [7, 11) is 0. The number of β-amino-alcohol motifs (C(OH)–C–C–N with tert-alkyl or cyclic N) is 2. The average molecular weight is 338 g/mol. The van der Waals surface area contributed by atoms with Gasteiger partial charge in [-0.25, -0.2) is 0 Å². The Bertz CT molecular complexity index is 590. The van der Waals surface area contributed by atoms with Gasteiger partial charge in [-0.05, 0) is 24.3 Å². The van der Waals surface area contributed by atoms with Gasteiger partial charge in [0.25, 0.3) is 5.79 Å². The van der Waals surface area contributed by atoms with Crippen LogP contribution in [0.3, 0.4) is 0 Å². The zero-order valence-electron chi connectivity index (χ0n) is 10.9. The molecule has 1 aromatic carbocycles. The molecule has 1 aliphatic rings. The number of hydrazone groups is 1. The zero-order chi connectivity index (χ0) is 16.5. The summed E-state index contributed by atoms with van der Waals surface area (Å²) in [5, 5.41) is 22.6. The zero-order valence-corrected chi connectivity index (χ0v) is 11.6. The number of aldehydes is 1. The van der Waals surface area contributed by atoms with Crippen molar-refractivity contribution in [3.05, 3.63) is 34.9 Å². The summed E-state index contributed by atoms with van der Waals surface area (Å²) in [5.74, 6) is -4.03. The van der Waals surface area contributed by atoms with Crippen LogP contribution in [0.1, 0.15) is 5.56 Å². The van der Waals surface area contributed by atoms with Crippen molar-refractivity contribution in [2.75, 3.05) is 6.54 Å². The van der Waals surface area contributed by atoms with Crippen molar-refractivity contribution in [3.63, 3.8) is 0 Å². The molecule has 6 nitrogen and oxygen atoms in total. The Morgan fingerprint density at radius 2 is 1.91 bits per heavy atom. The third-order valence-corrected chi connectivity index (χ3v) is 3.24. The van der Waals surface area contributed by atoms with Crippen molar-refractivity contribution in [2.45, 2.75) is 18.1 Å². The van der Waals surface area contributed by atoms with Crippen molar-refractivity contribution in [3.8, 4) is 0 Å². The molecule has 0 saturated heterocycles. The minimum atomic E-state index is -5.28. The van der Waals surface area contributed by atoms with Gasteiger partial charge in [0.1, 0.15) is 0 Å². The number of rotatable bonds is 4. The van der Waals surface area contributed by atoms with Gasteiger partial charge in [0.05, 0.1) is 6.54 Å². The molecule has 3 N–H and O–H groups in total. The van der Waals surface area contributed by atoms with Crippen LogP contribution in [-0.2, 0) is 4.79 Å². The van der Waals surface area contributed by atoms with Gasteiger partial charge >= 0.3 is 6.18 Å². The maximum Gasteiger partial charge on any atom is 0.444 e. The molecule has 0 spiro atoms. The van der Waals surface area contributed by atoms with Crippen LogP contribution in [0.4, 0.5) is 13.2 Å². The number of alkyl halides is 3. The van der Waals surface area contributed by atoms with E-state index in [9.17, 15) is 28.2 Å². The summed E-state index contributed by atoms with van der Waals surface area (Å²) in [6.07, 6.45) is -6.22. The summed E-state index contributed by atoms with van der Waals surface area (Å²) in [4.78, 5) is 11.8. The molecule has 22 heavy (non-hydrogen) atoms. The Kier molecular flexibility index (Phi) is 4.32. The molecule has 10 heteroatoms. The van der Waals surface area contributed by atoms with Crippen molar-refractivity contribution in [1.82, 2.24) is 10.3 Å². The lowest BCUT2D eigenvalue weighted by atomic mass is 10.1. The first kappa shape index (κ1) is 16.5. The van der Waals surface area contributed by atoms with E-state index >= 15 is 0 Å². The van der Waals surface area contributed by atoms with Crippen LogP contribution < -0.4 is 5.43 Å². The van der Waals surface area contributed by atoms with Gasteiger partial charge in [-0.1, -0.05) is 11.6 Å². The van der Waals surface area contributed by atoms with Crippen molar-refractivity contribution >= 4 is 23.7 Å². The van der Waals surface area contributed by atoms with E-state index in [1.807, 2.05) is 0 Å². The second-order valence-electron chi connectivity index (χ2n) is 4.59. The first-order chi connectivity index (χ1) is 10.2. The molecule has 1 aliphatic heterocycles. The molecule has 120 valence electrons. The van der Waals surface area contributed by atoms with Crippen LogP contribution in [0.25, 0.3) is 0 Å². The van der Waals surface area contributed by atoms with Gasteiger partial charge in [0.2, 0.25) is 0 Å². The smallest absolute Gasteiger partial charge is 0.357 e. The molecule has 1 unspecified atom stereocenters. The molecular formula is C12H11ClF3N3O3. The van der Waals surface area contributed by atoms with Crippen LogP contribution in [0, 0.1) is 0 Å². The number of nitrogens with zero attached hydrogens (tertiary/aromatic N) is 2. The lowest BCUT2D eigenvalue weighted by Gasteiger charge is -2.32. The summed E-state index contributed by atoms with van der Waals surface area (Å²) in [5.41, 5.74) is 2.68. The van der Waals surface area contributed by atoms with Crippen LogP contribution in [0.15, 0.2) is 29.4 Å². The minimum Gasteiger partial charge on any atom is -0.357 e. The summed E-state index contributed by atoms with van der Waals surface area (Å²) in [6.45, 7) is -1.28. The topological polar surface area (TPSA) is 85.2 Å². The predicted octanol–water partition coefficient (Wildman–Crippen LogP) is 0.675. The molecule has 0 fully saturated rings.